The molecule has 0 aliphatic carbocycles. The van der Waals surface area contributed by atoms with Crippen molar-refractivity contribution in [3.8, 4) is 0 Å². The molecule has 0 radical (unpaired) electrons. The summed E-state index contributed by atoms with van der Waals surface area (Å²) >= 11 is 0. The number of carbonyl (C=O) groups is 1. The zero-order valence-corrected chi connectivity index (χ0v) is 13.6. The molecule has 1 saturated heterocycles. The quantitative estimate of drug-likeness (QED) is 0.797. The predicted molar refractivity (Wildman–Crippen MR) is 87.4 cm³/mol. The summed E-state index contributed by atoms with van der Waals surface area (Å²) in [5.41, 5.74) is 6.84. The SMILES string of the molecule is CCCC(N)C(=O)NCC(c1ccc(F)cc1)N1CCOCC1. The van der Waals surface area contributed by atoms with Gasteiger partial charge in [0.2, 0.25) is 5.91 Å². The van der Waals surface area contributed by atoms with Crippen LogP contribution < -0.4 is 11.1 Å². The van der Waals surface area contributed by atoms with Gasteiger partial charge in [-0.15, -0.1) is 0 Å². The van der Waals surface area contributed by atoms with Gasteiger partial charge >= 0.3 is 0 Å². The van der Waals surface area contributed by atoms with Crippen LogP contribution in [0, 0.1) is 5.82 Å². The van der Waals surface area contributed by atoms with E-state index in [1.54, 1.807) is 12.1 Å². The number of ether oxygens (including phenoxy) is 1. The Kier molecular flexibility index (Phi) is 6.95. The predicted octanol–water partition coefficient (Wildman–Crippen LogP) is 1.44. The summed E-state index contributed by atoms with van der Waals surface area (Å²) in [6.45, 7) is 5.38. The molecule has 5 nitrogen and oxygen atoms in total. The van der Waals surface area contributed by atoms with Crippen LogP contribution in [0.2, 0.25) is 0 Å². The van der Waals surface area contributed by atoms with Gasteiger partial charge in [-0.05, 0) is 24.1 Å². The molecule has 2 atom stereocenters. The lowest BCUT2D eigenvalue weighted by atomic mass is 10.0. The first-order chi connectivity index (χ1) is 11.1. The zero-order valence-electron chi connectivity index (χ0n) is 13.6. The van der Waals surface area contributed by atoms with Crippen molar-refractivity contribution in [3.63, 3.8) is 0 Å². The lowest BCUT2D eigenvalue weighted by Crippen LogP contribution is -2.47. The summed E-state index contributed by atoms with van der Waals surface area (Å²) in [5, 5.41) is 2.94. The van der Waals surface area contributed by atoms with E-state index in [9.17, 15) is 9.18 Å². The Morgan fingerprint density at radius 2 is 2.00 bits per heavy atom. The van der Waals surface area contributed by atoms with E-state index in [0.29, 0.717) is 26.2 Å². The molecule has 0 saturated carbocycles. The Hall–Kier alpha value is -1.50. The number of benzene rings is 1. The molecule has 1 aliphatic heterocycles. The summed E-state index contributed by atoms with van der Waals surface area (Å²) < 4.78 is 18.6. The number of amides is 1. The molecule has 0 aromatic heterocycles. The van der Waals surface area contributed by atoms with Crippen LogP contribution in [0.5, 0.6) is 0 Å². The van der Waals surface area contributed by atoms with Gasteiger partial charge < -0.3 is 15.8 Å². The molecule has 1 aliphatic rings. The molecule has 128 valence electrons. The van der Waals surface area contributed by atoms with Crippen molar-refractivity contribution in [2.45, 2.75) is 31.8 Å². The molecule has 0 bridgehead atoms. The van der Waals surface area contributed by atoms with Gasteiger partial charge in [0.15, 0.2) is 0 Å². The first-order valence-electron chi connectivity index (χ1n) is 8.22. The highest BCUT2D eigenvalue weighted by molar-refractivity contribution is 5.81. The lowest BCUT2D eigenvalue weighted by Gasteiger charge is -2.35. The average Bonchev–Trinajstić information content (AvgIpc) is 2.57. The summed E-state index contributed by atoms with van der Waals surface area (Å²) in [4.78, 5) is 14.3. The van der Waals surface area contributed by atoms with Crippen molar-refractivity contribution >= 4 is 5.91 Å². The third-order valence-corrected chi connectivity index (χ3v) is 4.15. The van der Waals surface area contributed by atoms with Crippen molar-refractivity contribution in [2.24, 2.45) is 5.73 Å². The van der Waals surface area contributed by atoms with Crippen LogP contribution in [0.3, 0.4) is 0 Å². The molecule has 1 amide bonds. The van der Waals surface area contributed by atoms with E-state index in [4.69, 9.17) is 10.5 Å². The maximum absolute atomic E-state index is 13.2. The zero-order chi connectivity index (χ0) is 16.7. The number of nitrogens with zero attached hydrogens (tertiary/aromatic N) is 1. The van der Waals surface area contributed by atoms with E-state index in [2.05, 4.69) is 10.2 Å². The lowest BCUT2D eigenvalue weighted by molar-refractivity contribution is -0.122. The van der Waals surface area contributed by atoms with Gasteiger partial charge in [0.05, 0.1) is 25.3 Å². The summed E-state index contributed by atoms with van der Waals surface area (Å²) in [6.07, 6.45) is 1.55. The van der Waals surface area contributed by atoms with Gasteiger partial charge in [-0.25, -0.2) is 4.39 Å². The first-order valence-corrected chi connectivity index (χ1v) is 8.22. The van der Waals surface area contributed by atoms with Crippen molar-refractivity contribution in [1.82, 2.24) is 10.2 Å². The topological polar surface area (TPSA) is 67.6 Å². The molecule has 1 aromatic rings. The highest BCUT2D eigenvalue weighted by Gasteiger charge is 2.24. The summed E-state index contributed by atoms with van der Waals surface area (Å²) in [7, 11) is 0. The third-order valence-electron chi connectivity index (χ3n) is 4.15. The minimum absolute atomic E-state index is 0.00252. The van der Waals surface area contributed by atoms with Crippen LogP contribution in [0.4, 0.5) is 4.39 Å². The van der Waals surface area contributed by atoms with E-state index in [1.807, 2.05) is 6.92 Å². The Balaban J connectivity index is 2.04. The molecule has 1 fully saturated rings. The normalized spacial score (nSPS) is 18.4. The molecular formula is C17H26FN3O2. The molecule has 1 heterocycles. The largest absolute Gasteiger partial charge is 0.379 e. The minimum Gasteiger partial charge on any atom is -0.379 e. The average molecular weight is 323 g/mol. The maximum atomic E-state index is 13.2. The number of rotatable bonds is 7. The van der Waals surface area contributed by atoms with Gasteiger partial charge in [-0.3, -0.25) is 9.69 Å². The molecule has 2 rings (SSSR count). The Morgan fingerprint density at radius 1 is 1.35 bits per heavy atom. The number of nitrogens with two attached hydrogens (primary N) is 1. The monoisotopic (exact) mass is 323 g/mol. The van der Waals surface area contributed by atoms with Crippen molar-refractivity contribution < 1.29 is 13.9 Å². The van der Waals surface area contributed by atoms with Gasteiger partial charge in [0.25, 0.3) is 0 Å². The Labute approximate surface area is 137 Å². The van der Waals surface area contributed by atoms with Gasteiger partial charge in [-0.2, -0.15) is 0 Å². The van der Waals surface area contributed by atoms with Crippen LogP contribution in [-0.2, 0) is 9.53 Å². The Bertz CT molecular complexity index is 489. The molecule has 0 spiro atoms. The number of nitrogens with one attached hydrogen (secondary N) is 1. The number of hydrogen-bond donors (Lipinski definition) is 2. The summed E-state index contributed by atoms with van der Waals surface area (Å²) in [6, 6.07) is 5.97. The van der Waals surface area contributed by atoms with Crippen molar-refractivity contribution in [1.29, 1.82) is 0 Å². The highest BCUT2D eigenvalue weighted by Crippen LogP contribution is 2.21. The first kappa shape index (κ1) is 17.8. The van der Waals surface area contributed by atoms with Gasteiger partial charge in [-0.1, -0.05) is 25.5 Å². The number of morpholine rings is 1. The smallest absolute Gasteiger partial charge is 0.236 e. The number of hydrogen-bond acceptors (Lipinski definition) is 4. The fraction of sp³-hybridized carbons (Fsp3) is 0.588. The highest BCUT2D eigenvalue weighted by atomic mass is 19.1. The molecule has 6 heteroatoms. The Morgan fingerprint density at radius 3 is 2.61 bits per heavy atom. The van der Waals surface area contributed by atoms with Crippen LogP contribution in [0.25, 0.3) is 0 Å². The molecule has 3 N–H and O–H groups in total. The van der Waals surface area contributed by atoms with E-state index < -0.39 is 6.04 Å². The standard InChI is InChI=1S/C17H26FN3O2/c1-2-3-15(19)17(22)20-12-16(21-8-10-23-11-9-21)13-4-6-14(18)7-5-13/h4-7,15-16H,2-3,8-12,19H2,1H3,(H,20,22). The molecule has 23 heavy (non-hydrogen) atoms. The third kappa shape index (κ3) is 5.27. The van der Waals surface area contributed by atoms with Crippen LogP contribution in [-0.4, -0.2) is 49.7 Å². The van der Waals surface area contributed by atoms with Crippen LogP contribution in [0.15, 0.2) is 24.3 Å². The van der Waals surface area contributed by atoms with E-state index >= 15 is 0 Å². The van der Waals surface area contributed by atoms with Crippen molar-refractivity contribution in [2.75, 3.05) is 32.8 Å². The molecule has 2 unspecified atom stereocenters. The van der Waals surface area contributed by atoms with Gasteiger partial charge in [0, 0.05) is 19.6 Å². The second kappa shape index (κ2) is 8.96. The van der Waals surface area contributed by atoms with Crippen LogP contribution >= 0.6 is 0 Å². The van der Waals surface area contributed by atoms with Gasteiger partial charge in [0.1, 0.15) is 5.82 Å². The van der Waals surface area contributed by atoms with Crippen molar-refractivity contribution in [3.05, 3.63) is 35.6 Å². The fourth-order valence-corrected chi connectivity index (χ4v) is 2.80. The fourth-order valence-electron chi connectivity index (χ4n) is 2.80. The van der Waals surface area contributed by atoms with E-state index in [1.165, 1.54) is 12.1 Å². The molecule has 1 aromatic carbocycles. The molecular weight excluding hydrogens is 297 g/mol. The van der Waals surface area contributed by atoms with E-state index in [-0.39, 0.29) is 17.8 Å². The number of halogens is 1. The second-order valence-corrected chi connectivity index (χ2v) is 5.86. The summed E-state index contributed by atoms with van der Waals surface area (Å²) in [5.74, 6) is -0.393. The maximum Gasteiger partial charge on any atom is 0.236 e. The minimum atomic E-state index is -0.474. The second-order valence-electron chi connectivity index (χ2n) is 5.86. The van der Waals surface area contributed by atoms with E-state index in [0.717, 1.165) is 25.1 Å². The van der Waals surface area contributed by atoms with Crippen LogP contribution in [0.1, 0.15) is 31.4 Å². The number of carbonyl (C=O) groups excluding carboxylic acids is 1.